The van der Waals surface area contributed by atoms with Crippen molar-refractivity contribution in [2.45, 2.75) is 19.8 Å². The fourth-order valence-electron chi connectivity index (χ4n) is 4.08. The van der Waals surface area contributed by atoms with Crippen LogP contribution in [0.15, 0.2) is 54.6 Å². The van der Waals surface area contributed by atoms with E-state index in [-0.39, 0.29) is 28.3 Å². The number of likely N-dealkylation sites (tertiary alicyclic amines) is 1. The van der Waals surface area contributed by atoms with Crippen LogP contribution in [0.3, 0.4) is 0 Å². The van der Waals surface area contributed by atoms with Gasteiger partial charge in [0.2, 0.25) is 0 Å². The summed E-state index contributed by atoms with van der Waals surface area (Å²) in [7, 11) is 0. The van der Waals surface area contributed by atoms with Gasteiger partial charge in [0.25, 0.3) is 5.91 Å². The highest BCUT2D eigenvalue weighted by atomic mass is 35.5. The van der Waals surface area contributed by atoms with Gasteiger partial charge < -0.3 is 14.4 Å². The molecule has 0 bridgehead atoms. The van der Waals surface area contributed by atoms with E-state index in [1.165, 1.54) is 12.1 Å². The second-order valence-electron chi connectivity index (χ2n) is 7.84. The van der Waals surface area contributed by atoms with Crippen molar-refractivity contribution in [1.82, 2.24) is 4.90 Å². The van der Waals surface area contributed by atoms with E-state index < -0.39 is 5.97 Å². The molecule has 1 aliphatic heterocycles. The largest absolute Gasteiger partial charge is 0.490 e. The molecule has 0 aliphatic carbocycles. The molecule has 3 aromatic carbocycles. The number of esters is 1. The molecule has 1 heterocycles. The fourth-order valence-corrected chi connectivity index (χ4v) is 4.33. The Morgan fingerprint density at radius 3 is 2.58 bits per heavy atom. The number of amides is 1. The van der Waals surface area contributed by atoms with Gasteiger partial charge in [-0.2, -0.15) is 5.26 Å². The monoisotopic (exact) mass is 462 g/mol. The molecule has 168 valence electrons. The standard InChI is InChI=1S/C26H23ClN2O4/c1-2-32-23-15-17(16-28)14-22(27)24(23)33-26(31)19-10-12-29(13-11-19)25(30)21-9-5-7-18-6-3-4-8-20(18)21/h3-9,14-15,19H,2,10-13H2,1H3. The predicted octanol–water partition coefficient (Wildman–Crippen LogP) is 5.22. The van der Waals surface area contributed by atoms with Gasteiger partial charge in [0.1, 0.15) is 0 Å². The highest BCUT2D eigenvalue weighted by Crippen LogP contribution is 2.37. The Bertz CT molecular complexity index is 1240. The highest BCUT2D eigenvalue weighted by Gasteiger charge is 2.30. The van der Waals surface area contributed by atoms with E-state index in [0.29, 0.717) is 43.7 Å². The van der Waals surface area contributed by atoms with Gasteiger partial charge in [-0.1, -0.05) is 48.0 Å². The first-order valence-electron chi connectivity index (χ1n) is 10.9. The zero-order chi connectivity index (χ0) is 23.4. The van der Waals surface area contributed by atoms with Crippen molar-refractivity contribution in [3.63, 3.8) is 0 Å². The first-order valence-corrected chi connectivity index (χ1v) is 11.2. The Hall–Kier alpha value is -3.56. The van der Waals surface area contributed by atoms with E-state index in [9.17, 15) is 9.59 Å². The van der Waals surface area contributed by atoms with E-state index in [1.807, 2.05) is 48.5 Å². The van der Waals surface area contributed by atoms with Gasteiger partial charge in [0, 0.05) is 24.7 Å². The summed E-state index contributed by atoms with van der Waals surface area (Å²) >= 11 is 6.25. The average molecular weight is 463 g/mol. The molecular weight excluding hydrogens is 440 g/mol. The number of nitriles is 1. The van der Waals surface area contributed by atoms with Gasteiger partial charge >= 0.3 is 5.97 Å². The van der Waals surface area contributed by atoms with Crippen molar-refractivity contribution >= 4 is 34.2 Å². The zero-order valence-electron chi connectivity index (χ0n) is 18.2. The summed E-state index contributed by atoms with van der Waals surface area (Å²) in [6.07, 6.45) is 0.987. The van der Waals surface area contributed by atoms with Crippen LogP contribution in [0.2, 0.25) is 5.02 Å². The number of nitrogens with zero attached hydrogens (tertiary/aromatic N) is 2. The zero-order valence-corrected chi connectivity index (χ0v) is 19.0. The van der Waals surface area contributed by atoms with Crippen LogP contribution in [0.25, 0.3) is 10.8 Å². The molecule has 33 heavy (non-hydrogen) atoms. The van der Waals surface area contributed by atoms with E-state index in [1.54, 1.807) is 11.8 Å². The lowest BCUT2D eigenvalue weighted by atomic mass is 9.95. The first kappa shape index (κ1) is 22.6. The molecule has 0 aromatic heterocycles. The molecule has 1 aliphatic rings. The van der Waals surface area contributed by atoms with Gasteiger partial charge in [-0.05, 0) is 42.7 Å². The van der Waals surface area contributed by atoms with E-state index >= 15 is 0 Å². The van der Waals surface area contributed by atoms with Crippen molar-refractivity contribution in [2.24, 2.45) is 5.92 Å². The number of rotatable bonds is 5. The second-order valence-corrected chi connectivity index (χ2v) is 8.25. The SMILES string of the molecule is CCOc1cc(C#N)cc(Cl)c1OC(=O)C1CCN(C(=O)c2cccc3ccccc23)CC1. The maximum absolute atomic E-state index is 13.2. The molecule has 0 radical (unpaired) electrons. The van der Waals surface area contributed by atoms with E-state index in [4.69, 9.17) is 26.3 Å². The molecule has 4 rings (SSSR count). The van der Waals surface area contributed by atoms with Crippen LogP contribution in [-0.4, -0.2) is 36.5 Å². The maximum atomic E-state index is 13.2. The lowest BCUT2D eigenvalue weighted by Crippen LogP contribution is -2.41. The molecule has 7 heteroatoms. The Labute approximate surface area is 197 Å². The summed E-state index contributed by atoms with van der Waals surface area (Å²) in [5.41, 5.74) is 0.989. The van der Waals surface area contributed by atoms with Crippen LogP contribution in [0.1, 0.15) is 35.7 Å². The summed E-state index contributed by atoms with van der Waals surface area (Å²) in [4.78, 5) is 27.8. The summed E-state index contributed by atoms with van der Waals surface area (Å²) in [6.45, 7) is 3.05. The average Bonchev–Trinajstić information content (AvgIpc) is 2.85. The molecule has 0 spiro atoms. The maximum Gasteiger partial charge on any atom is 0.314 e. The van der Waals surface area contributed by atoms with E-state index in [0.717, 1.165) is 10.8 Å². The van der Waals surface area contributed by atoms with Gasteiger partial charge in [0.05, 0.1) is 29.2 Å². The summed E-state index contributed by atoms with van der Waals surface area (Å²) < 4.78 is 11.1. The highest BCUT2D eigenvalue weighted by molar-refractivity contribution is 6.32. The third kappa shape index (κ3) is 4.79. The number of benzene rings is 3. The van der Waals surface area contributed by atoms with Crippen molar-refractivity contribution in [1.29, 1.82) is 5.26 Å². The molecule has 1 saturated heterocycles. The molecule has 0 saturated carbocycles. The Balaban J connectivity index is 1.44. The van der Waals surface area contributed by atoms with Crippen molar-refractivity contribution in [2.75, 3.05) is 19.7 Å². The van der Waals surface area contributed by atoms with Crippen LogP contribution in [0.4, 0.5) is 0 Å². The van der Waals surface area contributed by atoms with Crippen LogP contribution >= 0.6 is 11.6 Å². The predicted molar refractivity (Wildman–Crippen MR) is 126 cm³/mol. The quantitative estimate of drug-likeness (QED) is 0.383. The topological polar surface area (TPSA) is 79.6 Å². The third-order valence-corrected chi connectivity index (χ3v) is 6.06. The molecule has 1 amide bonds. The molecule has 0 unspecified atom stereocenters. The number of piperidine rings is 1. The first-order chi connectivity index (χ1) is 16.0. The molecule has 3 aromatic rings. The van der Waals surface area contributed by atoms with Crippen molar-refractivity contribution < 1.29 is 19.1 Å². The molecule has 6 nitrogen and oxygen atoms in total. The third-order valence-electron chi connectivity index (χ3n) is 5.78. The molecule has 0 atom stereocenters. The van der Waals surface area contributed by atoms with E-state index in [2.05, 4.69) is 0 Å². The number of halogens is 1. The normalized spacial score (nSPS) is 14.0. The lowest BCUT2D eigenvalue weighted by Gasteiger charge is -2.31. The van der Waals surface area contributed by atoms with Crippen LogP contribution in [0.5, 0.6) is 11.5 Å². The van der Waals surface area contributed by atoms with Crippen LogP contribution in [-0.2, 0) is 4.79 Å². The van der Waals surface area contributed by atoms with Crippen molar-refractivity contribution in [3.05, 3.63) is 70.7 Å². The number of hydrogen-bond acceptors (Lipinski definition) is 5. The molecule has 0 N–H and O–H groups in total. The summed E-state index contributed by atoms with van der Waals surface area (Å²) in [6, 6.07) is 18.5. The smallest absolute Gasteiger partial charge is 0.314 e. The number of carbonyl (C=O) groups is 2. The van der Waals surface area contributed by atoms with Crippen LogP contribution < -0.4 is 9.47 Å². The minimum Gasteiger partial charge on any atom is -0.490 e. The second kappa shape index (κ2) is 9.93. The Kier molecular flexibility index (Phi) is 6.81. The van der Waals surface area contributed by atoms with Gasteiger partial charge in [-0.3, -0.25) is 9.59 Å². The number of carbonyl (C=O) groups excluding carboxylic acids is 2. The number of fused-ring (bicyclic) bond motifs is 1. The fraction of sp³-hybridized carbons (Fsp3) is 0.269. The molecule has 1 fully saturated rings. The minimum absolute atomic E-state index is 0.0348. The van der Waals surface area contributed by atoms with Crippen LogP contribution in [0, 0.1) is 17.2 Å². The summed E-state index contributed by atoms with van der Waals surface area (Å²) in [5.74, 6) is -0.426. The van der Waals surface area contributed by atoms with Gasteiger partial charge in [-0.25, -0.2) is 0 Å². The lowest BCUT2D eigenvalue weighted by molar-refractivity contribution is -0.140. The summed E-state index contributed by atoms with van der Waals surface area (Å²) in [5, 5.41) is 11.2. The number of hydrogen-bond donors (Lipinski definition) is 0. The Morgan fingerprint density at radius 2 is 1.85 bits per heavy atom. The number of ether oxygens (including phenoxy) is 2. The Morgan fingerprint density at radius 1 is 1.12 bits per heavy atom. The van der Waals surface area contributed by atoms with Crippen molar-refractivity contribution in [3.8, 4) is 17.6 Å². The minimum atomic E-state index is -0.417. The van der Waals surface area contributed by atoms with Gasteiger partial charge in [0.15, 0.2) is 11.5 Å². The molecular formula is C26H23ClN2O4. The van der Waals surface area contributed by atoms with Gasteiger partial charge in [-0.15, -0.1) is 0 Å².